The molecule has 0 aliphatic heterocycles. The van der Waals surface area contributed by atoms with Gasteiger partial charge in [0.15, 0.2) is 0 Å². The molecule has 0 saturated carbocycles. The normalized spacial score (nSPS) is 10.9. The zero-order valence-corrected chi connectivity index (χ0v) is 10.8. The van der Waals surface area contributed by atoms with Gasteiger partial charge in [-0.15, -0.1) is 0 Å². The number of likely N-dealkylation sites (N-methyl/N-ethyl adjacent to an activating group) is 1. The molecule has 0 aliphatic rings. The van der Waals surface area contributed by atoms with Gasteiger partial charge in [0, 0.05) is 13.7 Å². The topological polar surface area (TPSA) is 51.9 Å². The Morgan fingerprint density at radius 3 is 2.76 bits per heavy atom. The van der Waals surface area contributed by atoms with E-state index in [1.165, 1.54) is 7.11 Å². The summed E-state index contributed by atoms with van der Waals surface area (Å²) in [7, 11) is 4.99. The van der Waals surface area contributed by atoms with Gasteiger partial charge in [0.1, 0.15) is 17.1 Å². The monoisotopic (exact) mass is 241 g/mol. The molecule has 0 saturated heterocycles. The van der Waals surface area contributed by atoms with Crippen LogP contribution in [0.25, 0.3) is 0 Å². The number of hydrogen-bond acceptors (Lipinski definition) is 5. The van der Waals surface area contributed by atoms with Gasteiger partial charge in [0.05, 0.1) is 20.3 Å². The minimum atomic E-state index is -0.364. The Bertz CT molecular complexity index is 373. The summed E-state index contributed by atoms with van der Waals surface area (Å²) >= 11 is 0. The van der Waals surface area contributed by atoms with Gasteiger partial charge in [-0.1, -0.05) is 0 Å². The molecule has 0 amide bonds. The lowest BCUT2D eigenvalue weighted by Crippen LogP contribution is -2.21. The Labute approximate surface area is 101 Å². The fourth-order valence-electron chi connectivity index (χ4n) is 1.53. The van der Waals surface area contributed by atoms with Gasteiger partial charge in [-0.2, -0.15) is 0 Å². The molecule has 0 N–H and O–H groups in total. The van der Waals surface area contributed by atoms with Crippen molar-refractivity contribution < 1.29 is 18.7 Å². The van der Waals surface area contributed by atoms with Crippen LogP contribution >= 0.6 is 0 Å². The molecule has 1 aromatic heterocycles. The number of esters is 1. The zero-order valence-electron chi connectivity index (χ0n) is 10.8. The standard InChI is InChI=1S/C12H19NO4/c1-9-11(12(14)16-4)7-10(17-9)8-13(2)5-6-15-3/h7H,5-6,8H2,1-4H3. The summed E-state index contributed by atoms with van der Waals surface area (Å²) in [5.74, 6) is 0.977. The number of carbonyl (C=O) groups excluding carboxylic acids is 1. The Morgan fingerprint density at radius 2 is 2.18 bits per heavy atom. The van der Waals surface area contributed by atoms with Crippen molar-refractivity contribution in [2.24, 2.45) is 0 Å². The third-order valence-corrected chi connectivity index (χ3v) is 2.48. The summed E-state index contributed by atoms with van der Waals surface area (Å²) in [6, 6.07) is 1.73. The van der Waals surface area contributed by atoms with Crippen LogP contribution in [-0.4, -0.2) is 45.3 Å². The van der Waals surface area contributed by atoms with E-state index in [0.29, 0.717) is 24.5 Å². The van der Waals surface area contributed by atoms with Crippen LogP contribution in [0.15, 0.2) is 10.5 Å². The van der Waals surface area contributed by atoms with Gasteiger partial charge in [-0.3, -0.25) is 4.90 Å². The molecule has 0 atom stereocenters. The van der Waals surface area contributed by atoms with E-state index in [0.717, 1.165) is 12.3 Å². The number of carbonyl (C=O) groups is 1. The SMILES string of the molecule is COCCN(C)Cc1cc(C(=O)OC)c(C)o1. The summed E-state index contributed by atoms with van der Waals surface area (Å²) in [5.41, 5.74) is 0.489. The minimum absolute atomic E-state index is 0.364. The van der Waals surface area contributed by atoms with Crippen molar-refractivity contribution in [1.29, 1.82) is 0 Å². The molecule has 96 valence electrons. The van der Waals surface area contributed by atoms with E-state index < -0.39 is 0 Å². The van der Waals surface area contributed by atoms with E-state index >= 15 is 0 Å². The van der Waals surface area contributed by atoms with Crippen molar-refractivity contribution >= 4 is 5.97 Å². The molecule has 0 unspecified atom stereocenters. The van der Waals surface area contributed by atoms with E-state index in [1.807, 2.05) is 7.05 Å². The smallest absolute Gasteiger partial charge is 0.341 e. The minimum Gasteiger partial charge on any atom is -0.465 e. The fourth-order valence-corrected chi connectivity index (χ4v) is 1.53. The number of ether oxygens (including phenoxy) is 2. The predicted molar refractivity (Wildman–Crippen MR) is 63.0 cm³/mol. The average Bonchev–Trinajstić information content (AvgIpc) is 2.66. The molecule has 1 aromatic rings. The lowest BCUT2D eigenvalue weighted by molar-refractivity contribution is 0.0599. The van der Waals surface area contributed by atoms with Crippen LogP contribution in [0, 0.1) is 6.92 Å². The van der Waals surface area contributed by atoms with Crippen LogP contribution in [0.4, 0.5) is 0 Å². The molecule has 0 aliphatic carbocycles. The summed E-state index contributed by atoms with van der Waals surface area (Å²) in [4.78, 5) is 13.4. The van der Waals surface area contributed by atoms with Gasteiger partial charge < -0.3 is 13.9 Å². The lowest BCUT2D eigenvalue weighted by Gasteiger charge is -2.13. The highest BCUT2D eigenvalue weighted by molar-refractivity contribution is 5.90. The van der Waals surface area contributed by atoms with E-state index in [-0.39, 0.29) is 5.97 Å². The molecular formula is C12H19NO4. The molecule has 5 heteroatoms. The van der Waals surface area contributed by atoms with Gasteiger partial charge >= 0.3 is 5.97 Å². The van der Waals surface area contributed by atoms with E-state index in [1.54, 1.807) is 20.1 Å². The first-order valence-electron chi connectivity index (χ1n) is 5.43. The lowest BCUT2D eigenvalue weighted by atomic mass is 10.2. The first-order valence-corrected chi connectivity index (χ1v) is 5.43. The fraction of sp³-hybridized carbons (Fsp3) is 0.583. The van der Waals surface area contributed by atoms with E-state index in [4.69, 9.17) is 9.15 Å². The Morgan fingerprint density at radius 1 is 1.47 bits per heavy atom. The second kappa shape index (κ2) is 6.42. The molecule has 1 heterocycles. The molecule has 1 rings (SSSR count). The first-order chi connectivity index (χ1) is 8.08. The van der Waals surface area contributed by atoms with Gasteiger partial charge in [-0.05, 0) is 20.0 Å². The predicted octanol–water partition coefficient (Wildman–Crippen LogP) is 1.45. The highest BCUT2D eigenvalue weighted by atomic mass is 16.5. The molecule has 5 nitrogen and oxygen atoms in total. The van der Waals surface area contributed by atoms with Crippen LogP contribution in [0.1, 0.15) is 21.9 Å². The van der Waals surface area contributed by atoms with Crippen molar-refractivity contribution in [1.82, 2.24) is 4.90 Å². The summed E-state index contributed by atoms with van der Waals surface area (Å²) in [6.45, 7) is 3.87. The molecular weight excluding hydrogens is 222 g/mol. The van der Waals surface area contributed by atoms with E-state index in [2.05, 4.69) is 9.64 Å². The number of hydrogen-bond donors (Lipinski definition) is 0. The highest BCUT2D eigenvalue weighted by Gasteiger charge is 2.15. The summed E-state index contributed by atoms with van der Waals surface area (Å²) < 4.78 is 15.2. The van der Waals surface area contributed by atoms with Crippen LogP contribution in [0.5, 0.6) is 0 Å². The molecule has 0 aromatic carbocycles. The van der Waals surface area contributed by atoms with Crippen LogP contribution in [0.2, 0.25) is 0 Å². The Kier molecular flexibility index (Phi) is 5.18. The maximum atomic E-state index is 11.4. The van der Waals surface area contributed by atoms with Crippen molar-refractivity contribution in [3.8, 4) is 0 Å². The summed E-state index contributed by atoms with van der Waals surface area (Å²) in [6.07, 6.45) is 0. The van der Waals surface area contributed by atoms with Crippen molar-refractivity contribution in [3.05, 3.63) is 23.2 Å². The molecule has 0 bridgehead atoms. The Balaban J connectivity index is 2.63. The van der Waals surface area contributed by atoms with Crippen LogP contribution < -0.4 is 0 Å². The Hall–Kier alpha value is -1.33. The zero-order chi connectivity index (χ0) is 12.8. The average molecular weight is 241 g/mol. The molecule has 0 spiro atoms. The maximum Gasteiger partial charge on any atom is 0.341 e. The van der Waals surface area contributed by atoms with Crippen LogP contribution in [0.3, 0.4) is 0 Å². The second-order valence-corrected chi connectivity index (χ2v) is 3.90. The maximum absolute atomic E-state index is 11.4. The molecule has 0 radical (unpaired) electrons. The number of methoxy groups -OCH3 is 2. The third kappa shape index (κ3) is 3.87. The van der Waals surface area contributed by atoms with Gasteiger partial charge in [0.25, 0.3) is 0 Å². The molecule has 17 heavy (non-hydrogen) atoms. The highest BCUT2D eigenvalue weighted by Crippen LogP contribution is 2.16. The number of rotatable bonds is 6. The van der Waals surface area contributed by atoms with Gasteiger partial charge in [0.2, 0.25) is 0 Å². The number of aryl methyl sites for hydroxylation is 1. The number of furan rings is 1. The van der Waals surface area contributed by atoms with Gasteiger partial charge in [-0.25, -0.2) is 4.79 Å². The van der Waals surface area contributed by atoms with Crippen molar-refractivity contribution in [3.63, 3.8) is 0 Å². The van der Waals surface area contributed by atoms with Crippen molar-refractivity contribution in [2.45, 2.75) is 13.5 Å². The van der Waals surface area contributed by atoms with Crippen molar-refractivity contribution in [2.75, 3.05) is 34.4 Å². The first kappa shape index (κ1) is 13.7. The second-order valence-electron chi connectivity index (χ2n) is 3.90. The summed E-state index contributed by atoms with van der Waals surface area (Å²) in [5, 5.41) is 0. The number of nitrogens with zero attached hydrogens (tertiary/aromatic N) is 1. The van der Waals surface area contributed by atoms with Crippen LogP contribution in [-0.2, 0) is 16.0 Å². The quantitative estimate of drug-likeness (QED) is 0.706. The largest absolute Gasteiger partial charge is 0.465 e. The van der Waals surface area contributed by atoms with E-state index in [9.17, 15) is 4.79 Å². The molecule has 0 fully saturated rings. The third-order valence-electron chi connectivity index (χ3n) is 2.48.